The van der Waals surface area contributed by atoms with E-state index in [2.05, 4.69) is 31.4 Å². The summed E-state index contributed by atoms with van der Waals surface area (Å²) < 4.78 is 23.0. The van der Waals surface area contributed by atoms with Gasteiger partial charge in [-0.3, -0.25) is 4.79 Å². The van der Waals surface area contributed by atoms with Crippen LogP contribution in [-0.2, 0) is 0 Å². The van der Waals surface area contributed by atoms with E-state index in [1.54, 1.807) is 33.5 Å². The van der Waals surface area contributed by atoms with E-state index in [4.69, 9.17) is 18.6 Å². The highest BCUT2D eigenvalue weighted by Crippen LogP contribution is 2.36. The maximum atomic E-state index is 12.6. The average Bonchev–Trinajstić information content (AvgIpc) is 3.48. The fraction of sp³-hybridized carbons (Fsp3) is 0.304. The SMILES string of the molecule is COc1cc(N2CCCC2)c(OC)cc1/C=N\NC(=O)c1cc2cc(Br)cc(OC)c2o1. The Hall–Kier alpha value is -3.20. The van der Waals surface area contributed by atoms with Crippen LogP contribution in [0.5, 0.6) is 17.2 Å². The van der Waals surface area contributed by atoms with Gasteiger partial charge < -0.3 is 23.5 Å². The Morgan fingerprint density at radius 1 is 1.03 bits per heavy atom. The van der Waals surface area contributed by atoms with Crippen molar-refractivity contribution in [1.82, 2.24) is 5.43 Å². The van der Waals surface area contributed by atoms with Crippen LogP contribution in [0.1, 0.15) is 29.0 Å². The third kappa shape index (κ3) is 4.38. The van der Waals surface area contributed by atoms with Crippen molar-refractivity contribution in [3.63, 3.8) is 0 Å². The number of furan rings is 1. The molecule has 9 heteroatoms. The molecule has 1 aromatic heterocycles. The molecule has 1 saturated heterocycles. The van der Waals surface area contributed by atoms with Crippen molar-refractivity contribution in [3.8, 4) is 17.2 Å². The number of methoxy groups -OCH3 is 3. The zero-order chi connectivity index (χ0) is 22.7. The van der Waals surface area contributed by atoms with Crippen molar-refractivity contribution in [2.75, 3.05) is 39.3 Å². The number of rotatable bonds is 7. The molecule has 0 bridgehead atoms. The molecule has 1 aliphatic rings. The summed E-state index contributed by atoms with van der Waals surface area (Å²) in [6.45, 7) is 1.98. The number of benzene rings is 2. The predicted molar refractivity (Wildman–Crippen MR) is 127 cm³/mol. The van der Waals surface area contributed by atoms with E-state index >= 15 is 0 Å². The normalized spacial score (nSPS) is 13.7. The maximum Gasteiger partial charge on any atom is 0.307 e. The number of nitrogens with zero attached hydrogens (tertiary/aromatic N) is 2. The molecule has 1 N–H and O–H groups in total. The Balaban J connectivity index is 1.54. The molecule has 168 valence electrons. The number of halogens is 1. The molecule has 8 nitrogen and oxygen atoms in total. The van der Waals surface area contributed by atoms with Crippen LogP contribution in [0, 0.1) is 0 Å². The molecule has 0 unspecified atom stereocenters. The standard InChI is InChI=1S/C23H24BrN3O5/c1-29-18-12-17(27-6-4-5-7-27)19(30-2)10-15(18)13-25-26-23(28)21-9-14-8-16(24)11-20(31-3)22(14)32-21/h8-13H,4-7H2,1-3H3,(H,26,28)/b25-13-. The van der Waals surface area contributed by atoms with Gasteiger partial charge in [-0.05, 0) is 37.1 Å². The van der Waals surface area contributed by atoms with Crippen LogP contribution in [0.2, 0.25) is 0 Å². The zero-order valence-electron chi connectivity index (χ0n) is 18.1. The quantitative estimate of drug-likeness (QED) is 0.376. The number of anilines is 1. The van der Waals surface area contributed by atoms with Crippen molar-refractivity contribution < 1.29 is 23.4 Å². The number of hydrogen-bond donors (Lipinski definition) is 1. The fourth-order valence-corrected chi connectivity index (χ4v) is 4.23. The number of carbonyl (C=O) groups is 1. The van der Waals surface area contributed by atoms with Crippen LogP contribution in [0.3, 0.4) is 0 Å². The lowest BCUT2D eigenvalue weighted by molar-refractivity contribution is 0.0929. The molecule has 4 rings (SSSR count). The van der Waals surface area contributed by atoms with Crippen LogP contribution in [0.4, 0.5) is 5.69 Å². The Morgan fingerprint density at radius 2 is 1.75 bits per heavy atom. The van der Waals surface area contributed by atoms with E-state index in [1.165, 1.54) is 6.21 Å². The lowest BCUT2D eigenvalue weighted by Crippen LogP contribution is -2.19. The first-order valence-corrected chi connectivity index (χ1v) is 10.9. The van der Waals surface area contributed by atoms with Crippen LogP contribution in [0.25, 0.3) is 11.0 Å². The molecule has 0 spiro atoms. The summed E-state index contributed by atoms with van der Waals surface area (Å²) in [5, 5.41) is 4.83. The lowest BCUT2D eigenvalue weighted by Gasteiger charge is -2.22. The molecule has 0 aliphatic carbocycles. The molecule has 1 aliphatic heterocycles. The molecule has 2 aromatic carbocycles. The van der Waals surface area contributed by atoms with Crippen LogP contribution in [0.15, 0.2) is 44.3 Å². The lowest BCUT2D eigenvalue weighted by atomic mass is 10.1. The Morgan fingerprint density at radius 3 is 2.44 bits per heavy atom. The predicted octanol–water partition coefficient (Wildman–Crippen LogP) is 4.59. The third-order valence-electron chi connectivity index (χ3n) is 5.34. The Labute approximate surface area is 194 Å². The van der Waals surface area contributed by atoms with E-state index in [-0.39, 0.29) is 5.76 Å². The van der Waals surface area contributed by atoms with Gasteiger partial charge in [0.2, 0.25) is 0 Å². The molecule has 0 radical (unpaired) electrons. The number of carbonyl (C=O) groups excluding carboxylic acids is 1. The number of ether oxygens (including phenoxy) is 3. The summed E-state index contributed by atoms with van der Waals surface area (Å²) >= 11 is 3.42. The smallest absolute Gasteiger partial charge is 0.307 e. The van der Waals surface area contributed by atoms with E-state index in [0.717, 1.165) is 47.2 Å². The number of fused-ring (bicyclic) bond motifs is 1. The summed E-state index contributed by atoms with van der Waals surface area (Å²) in [6, 6.07) is 9.06. The topological polar surface area (TPSA) is 85.5 Å². The van der Waals surface area contributed by atoms with E-state index in [9.17, 15) is 4.79 Å². The molecule has 0 saturated carbocycles. The largest absolute Gasteiger partial charge is 0.496 e. The molecule has 0 atom stereocenters. The van der Waals surface area contributed by atoms with Crippen LogP contribution >= 0.6 is 15.9 Å². The van der Waals surface area contributed by atoms with Crippen LogP contribution in [-0.4, -0.2) is 46.5 Å². The number of hydrazone groups is 1. The van der Waals surface area contributed by atoms with Gasteiger partial charge in [0, 0.05) is 34.6 Å². The zero-order valence-corrected chi connectivity index (χ0v) is 19.7. The first-order chi connectivity index (χ1) is 15.5. The third-order valence-corrected chi connectivity index (χ3v) is 5.80. The van der Waals surface area contributed by atoms with Crippen molar-refractivity contribution in [3.05, 3.63) is 46.1 Å². The van der Waals surface area contributed by atoms with Crippen molar-refractivity contribution in [1.29, 1.82) is 0 Å². The highest BCUT2D eigenvalue weighted by molar-refractivity contribution is 9.10. The van der Waals surface area contributed by atoms with Crippen LogP contribution < -0.4 is 24.5 Å². The van der Waals surface area contributed by atoms with Gasteiger partial charge in [0.25, 0.3) is 0 Å². The minimum atomic E-state index is -0.477. The van der Waals surface area contributed by atoms with Gasteiger partial charge in [-0.2, -0.15) is 5.10 Å². The van der Waals surface area contributed by atoms with E-state index in [1.807, 2.05) is 18.2 Å². The second kappa shape index (κ2) is 9.52. The minimum Gasteiger partial charge on any atom is -0.496 e. The van der Waals surface area contributed by atoms with Crippen molar-refractivity contribution >= 4 is 44.7 Å². The van der Waals surface area contributed by atoms with Gasteiger partial charge in [0.05, 0.1) is 33.2 Å². The number of hydrogen-bond acceptors (Lipinski definition) is 7. The molecule has 1 fully saturated rings. The maximum absolute atomic E-state index is 12.6. The molecular formula is C23H24BrN3O5. The Kier molecular flexibility index (Phi) is 6.55. The van der Waals surface area contributed by atoms with Crippen molar-refractivity contribution in [2.24, 2.45) is 5.10 Å². The summed E-state index contributed by atoms with van der Waals surface area (Å²) in [7, 11) is 4.79. The van der Waals surface area contributed by atoms with Gasteiger partial charge in [0.1, 0.15) is 11.5 Å². The highest BCUT2D eigenvalue weighted by Gasteiger charge is 2.19. The summed E-state index contributed by atoms with van der Waals surface area (Å²) in [4.78, 5) is 14.8. The average molecular weight is 502 g/mol. The fourth-order valence-electron chi connectivity index (χ4n) is 3.78. The Bertz CT molecular complexity index is 1170. The second-order valence-electron chi connectivity index (χ2n) is 7.30. The second-order valence-corrected chi connectivity index (χ2v) is 8.21. The number of amides is 1. The molecule has 2 heterocycles. The molecular weight excluding hydrogens is 478 g/mol. The van der Waals surface area contributed by atoms with Gasteiger partial charge in [-0.15, -0.1) is 0 Å². The number of nitrogens with one attached hydrogen (secondary N) is 1. The van der Waals surface area contributed by atoms with Gasteiger partial charge in [-0.25, -0.2) is 5.43 Å². The molecule has 3 aromatic rings. The summed E-state index contributed by atoms with van der Waals surface area (Å²) in [6.07, 6.45) is 3.84. The molecule has 1 amide bonds. The first-order valence-electron chi connectivity index (χ1n) is 10.2. The summed E-state index contributed by atoms with van der Waals surface area (Å²) in [5.74, 6) is 1.56. The van der Waals surface area contributed by atoms with E-state index < -0.39 is 5.91 Å². The van der Waals surface area contributed by atoms with Crippen molar-refractivity contribution in [2.45, 2.75) is 12.8 Å². The summed E-state index contributed by atoms with van der Waals surface area (Å²) in [5.41, 5.74) is 4.66. The highest BCUT2D eigenvalue weighted by atomic mass is 79.9. The van der Waals surface area contributed by atoms with Gasteiger partial charge in [0.15, 0.2) is 17.1 Å². The monoisotopic (exact) mass is 501 g/mol. The van der Waals surface area contributed by atoms with E-state index in [0.29, 0.717) is 22.6 Å². The first kappa shape index (κ1) is 22.0. The van der Waals surface area contributed by atoms with Gasteiger partial charge in [-0.1, -0.05) is 15.9 Å². The minimum absolute atomic E-state index is 0.127. The van der Waals surface area contributed by atoms with Gasteiger partial charge >= 0.3 is 5.91 Å². The molecule has 32 heavy (non-hydrogen) atoms.